The Morgan fingerprint density at radius 1 is 1.19 bits per heavy atom. The number of allylic oxidation sites excluding steroid dienone is 2. The third-order valence-electron chi connectivity index (χ3n) is 4.58. The highest BCUT2D eigenvalue weighted by Gasteiger charge is 2.57. The van der Waals surface area contributed by atoms with Gasteiger partial charge < -0.3 is 4.90 Å². The number of nitrogens with zero attached hydrogens (tertiary/aromatic N) is 1. The van der Waals surface area contributed by atoms with E-state index in [9.17, 15) is 0 Å². The van der Waals surface area contributed by atoms with Gasteiger partial charge in [-0.3, -0.25) is 0 Å². The molecule has 1 heteroatoms. The molecule has 0 radical (unpaired) electrons. The van der Waals surface area contributed by atoms with Crippen LogP contribution in [0.5, 0.6) is 0 Å². The van der Waals surface area contributed by atoms with Gasteiger partial charge in [-0.15, -0.1) is 0 Å². The quantitative estimate of drug-likeness (QED) is 0.643. The summed E-state index contributed by atoms with van der Waals surface area (Å²) in [6.45, 7) is 9.16. The van der Waals surface area contributed by atoms with Crippen molar-refractivity contribution in [3.8, 4) is 0 Å². The van der Waals surface area contributed by atoms with Crippen molar-refractivity contribution in [3.63, 3.8) is 0 Å². The van der Waals surface area contributed by atoms with Gasteiger partial charge in [-0.1, -0.05) is 32.1 Å². The third kappa shape index (κ3) is 0.922. The van der Waals surface area contributed by atoms with Gasteiger partial charge >= 0.3 is 0 Å². The Hall–Kier alpha value is -1.24. The van der Waals surface area contributed by atoms with Crippen molar-refractivity contribution >= 4 is 0 Å². The molecule has 84 valence electrons. The molecule has 0 N–H and O–H groups in total. The van der Waals surface area contributed by atoms with E-state index in [0.717, 1.165) is 0 Å². The van der Waals surface area contributed by atoms with Crippen molar-refractivity contribution in [1.29, 1.82) is 0 Å². The minimum atomic E-state index is 0.153. The zero-order chi connectivity index (χ0) is 11.6. The molecular weight excluding hydrogens is 194 g/mol. The fourth-order valence-electron chi connectivity index (χ4n) is 2.99. The summed E-state index contributed by atoms with van der Waals surface area (Å²) in [6, 6.07) is 0. The number of hydrogen-bond donors (Lipinski definition) is 0. The molecule has 0 amide bonds. The molecule has 2 atom stereocenters. The van der Waals surface area contributed by atoms with Crippen LogP contribution in [0.15, 0.2) is 47.9 Å². The Balaban J connectivity index is 2.12. The maximum atomic E-state index is 2.40. The summed E-state index contributed by atoms with van der Waals surface area (Å²) < 4.78 is 0. The molecule has 16 heavy (non-hydrogen) atoms. The lowest BCUT2D eigenvalue weighted by molar-refractivity contribution is 0.165. The van der Waals surface area contributed by atoms with Gasteiger partial charge in [0.1, 0.15) is 0 Å². The maximum Gasteiger partial charge on any atom is 0.0783 e. The second kappa shape index (κ2) is 2.71. The van der Waals surface area contributed by atoms with E-state index in [1.165, 1.54) is 11.1 Å². The maximum absolute atomic E-state index is 2.40. The number of rotatable bonds is 1. The average Bonchev–Trinajstić information content (AvgIpc) is 2.36. The molecule has 1 aliphatic carbocycles. The van der Waals surface area contributed by atoms with Crippen LogP contribution in [0.1, 0.15) is 27.7 Å². The Bertz CT molecular complexity index is 464. The molecule has 0 aromatic heterocycles. The molecule has 0 saturated carbocycles. The first-order chi connectivity index (χ1) is 7.47. The zero-order valence-electron chi connectivity index (χ0n) is 10.5. The molecule has 2 unspecified atom stereocenters. The molecule has 0 aromatic rings. The average molecular weight is 213 g/mol. The third-order valence-corrected chi connectivity index (χ3v) is 4.58. The predicted molar refractivity (Wildman–Crippen MR) is 67.6 cm³/mol. The van der Waals surface area contributed by atoms with Crippen molar-refractivity contribution in [1.82, 2.24) is 4.90 Å². The van der Waals surface area contributed by atoms with Gasteiger partial charge in [-0.05, 0) is 37.0 Å². The van der Waals surface area contributed by atoms with Crippen molar-refractivity contribution in [2.24, 2.45) is 11.3 Å². The normalized spacial score (nSPS) is 39.2. The van der Waals surface area contributed by atoms with Gasteiger partial charge in [0.15, 0.2) is 0 Å². The molecular formula is C15H19N. The minimum Gasteiger partial charge on any atom is -0.344 e. The van der Waals surface area contributed by atoms with E-state index in [1.54, 1.807) is 0 Å². The van der Waals surface area contributed by atoms with Crippen LogP contribution in [0.25, 0.3) is 0 Å². The molecule has 0 bridgehead atoms. The zero-order valence-corrected chi connectivity index (χ0v) is 10.5. The molecule has 3 rings (SSSR count). The smallest absolute Gasteiger partial charge is 0.0783 e. The van der Waals surface area contributed by atoms with Gasteiger partial charge in [0, 0.05) is 17.8 Å². The van der Waals surface area contributed by atoms with Gasteiger partial charge in [0.25, 0.3) is 0 Å². The summed E-state index contributed by atoms with van der Waals surface area (Å²) in [5.41, 5.74) is 3.27. The lowest BCUT2D eigenvalue weighted by Gasteiger charge is -2.52. The molecule has 1 nitrogen and oxygen atoms in total. The van der Waals surface area contributed by atoms with Crippen molar-refractivity contribution in [2.75, 3.05) is 0 Å². The van der Waals surface area contributed by atoms with Gasteiger partial charge in [-0.25, -0.2) is 0 Å². The van der Waals surface area contributed by atoms with E-state index in [4.69, 9.17) is 0 Å². The molecule has 0 fully saturated rings. The molecule has 2 aliphatic heterocycles. The summed E-state index contributed by atoms with van der Waals surface area (Å²) in [4.78, 5) is 2.36. The van der Waals surface area contributed by atoms with Crippen molar-refractivity contribution in [2.45, 2.75) is 33.2 Å². The lowest BCUT2D eigenvalue weighted by Crippen LogP contribution is -2.55. The fourth-order valence-corrected chi connectivity index (χ4v) is 2.99. The topological polar surface area (TPSA) is 3.24 Å². The minimum absolute atomic E-state index is 0.153. The van der Waals surface area contributed by atoms with Crippen LogP contribution in [0.2, 0.25) is 0 Å². The fraction of sp³-hybridized carbons (Fsp3) is 0.467. The summed E-state index contributed by atoms with van der Waals surface area (Å²) in [6.07, 6.45) is 13.8. The lowest BCUT2D eigenvalue weighted by atomic mass is 9.59. The van der Waals surface area contributed by atoms with Crippen LogP contribution >= 0.6 is 0 Å². The second-order valence-corrected chi connectivity index (χ2v) is 5.79. The van der Waals surface area contributed by atoms with E-state index >= 15 is 0 Å². The predicted octanol–water partition coefficient (Wildman–Crippen LogP) is 3.63. The molecule has 0 saturated heterocycles. The molecule has 3 aliphatic rings. The Morgan fingerprint density at radius 3 is 2.62 bits per heavy atom. The van der Waals surface area contributed by atoms with Crippen LogP contribution in [-0.4, -0.2) is 10.4 Å². The van der Waals surface area contributed by atoms with E-state index in [2.05, 4.69) is 69.3 Å². The monoisotopic (exact) mass is 213 g/mol. The summed E-state index contributed by atoms with van der Waals surface area (Å²) in [5.74, 6) is 0.594. The molecule has 0 aromatic carbocycles. The highest BCUT2D eigenvalue weighted by Crippen LogP contribution is 2.58. The van der Waals surface area contributed by atoms with E-state index < -0.39 is 0 Å². The summed E-state index contributed by atoms with van der Waals surface area (Å²) >= 11 is 0. The highest BCUT2D eigenvalue weighted by molar-refractivity contribution is 5.56. The van der Waals surface area contributed by atoms with Crippen LogP contribution < -0.4 is 0 Å². The number of hydrogen-bond acceptors (Lipinski definition) is 1. The van der Waals surface area contributed by atoms with E-state index in [-0.39, 0.29) is 11.0 Å². The van der Waals surface area contributed by atoms with Crippen LogP contribution in [0.3, 0.4) is 0 Å². The van der Waals surface area contributed by atoms with Gasteiger partial charge in [0.05, 0.1) is 5.54 Å². The Labute approximate surface area is 97.8 Å². The largest absolute Gasteiger partial charge is 0.344 e. The van der Waals surface area contributed by atoms with Crippen LogP contribution in [0.4, 0.5) is 0 Å². The van der Waals surface area contributed by atoms with E-state index in [1.807, 2.05) is 0 Å². The van der Waals surface area contributed by atoms with Crippen LogP contribution in [0, 0.1) is 11.3 Å². The Morgan fingerprint density at radius 2 is 1.94 bits per heavy atom. The summed E-state index contributed by atoms with van der Waals surface area (Å²) in [7, 11) is 0. The van der Waals surface area contributed by atoms with Crippen molar-refractivity contribution in [3.05, 3.63) is 47.9 Å². The first-order valence-corrected chi connectivity index (χ1v) is 6.08. The SMILES string of the molecule is CC(C)C1=CC2=CC3(C)C=CN(C=C1)C23C. The second-order valence-electron chi connectivity index (χ2n) is 5.79. The highest BCUT2D eigenvalue weighted by atomic mass is 15.2. The molecule has 2 heterocycles. The first kappa shape index (κ1) is 9.95. The Kier molecular flexibility index (Phi) is 1.68. The standard InChI is InChI=1S/C15H19N/c1-11(2)12-5-7-16-8-6-14(3)10-13(9-12)15(14,16)4/h5-11H,1-4H3. The first-order valence-electron chi connectivity index (χ1n) is 6.08. The van der Waals surface area contributed by atoms with Gasteiger partial charge in [-0.2, -0.15) is 0 Å². The van der Waals surface area contributed by atoms with Crippen LogP contribution in [-0.2, 0) is 0 Å². The van der Waals surface area contributed by atoms with E-state index in [0.29, 0.717) is 5.92 Å². The van der Waals surface area contributed by atoms with Gasteiger partial charge in [0.2, 0.25) is 0 Å². The van der Waals surface area contributed by atoms with Crippen molar-refractivity contribution < 1.29 is 0 Å². The molecule has 0 spiro atoms. The summed E-state index contributed by atoms with van der Waals surface area (Å²) in [5, 5.41) is 0.